The average Bonchev–Trinajstić information content (AvgIpc) is 2.72. The Kier molecular flexibility index (Phi) is 2.95. The fraction of sp³-hybridized carbons (Fsp3) is 0.0667. The van der Waals surface area contributed by atoms with Crippen molar-refractivity contribution in [3.63, 3.8) is 0 Å². The van der Waals surface area contributed by atoms with E-state index >= 15 is 0 Å². The topological polar surface area (TPSA) is 37.4 Å². The van der Waals surface area contributed by atoms with Crippen LogP contribution in [-0.4, -0.2) is 11.8 Å². The number of carbonyl (C=O) groups excluding carboxylic acids is 2. The van der Waals surface area contributed by atoms with E-state index in [4.69, 9.17) is 0 Å². The van der Waals surface area contributed by atoms with Gasteiger partial charge in [-0.3, -0.25) is 9.59 Å². The van der Waals surface area contributed by atoms with Gasteiger partial charge in [0.2, 0.25) is 0 Å². The Hall–Kier alpha value is -1.94. The molecule has 19 heavy (non-hydrogen) atoms. The molecule has 0 N–H and O–H groups in total. The molecule has 2 amide bonds. The molecule has 3 nitrogen and oxygen atoms in total. The molecule has 94 valence electrons. The van der Waals surface area contributed by atoms with Crippen LogP contribution in [0.3, 0.4) is 0 Å². The fourth-order valence-corrected chi connectivity index (χ4v) is 2.55. The average molecular weight is 316 g/mol. The summed E-state index contributed by atoms with van der Waals surface area (Å²) in [5, 5.41) is 0.685. The Bertz CT molecular complexity index is 646. The summed E-state index contributed by atoms with van der Waals surface area (Å²) >= 11 is 3.37. The number of fused-ring (bicyclic) bond motifs is 1. The van der Waals surface area contributed by atoms with Crippen LogP contribution in [0.25, 0.3) is 0 Å². The molecule has 0 saturated carbocycles. The first-order chi connectivity index (χ1) is 9.22. The number of hydrogen-bond donors (Lipinski definition) is 0. The number of amides is 2. The van der Waals surface area contributed by atoms with Gasteiger partial charge < -0.3 is 0 Å². The molecular weight excluding hydrogens is 306 g/mol. The molecule has 1 aliphatic heterocycles. The number of hydrogen-bond acceptors (Lipinski definition) is 2. The third-order valence-corrected chi connectivity index (χ3v) is 3.76. The van der Waals surface area contributed by atoms with Crippen LogP contribution in [0.4, 0.5) is 5.69 Å². The molecule has 0 spiro atoms. The largest absolute Gasteiger partial charge is 0.268 e. The van der Waals surface area contributed by atoms with Gasteiger partial charge in [-0.15, -0.1) is 0 Å². The van der Waals surface area contributed by atoms with Crippen LogP contribution < -0.4 is 4.90 Å². The lowest BCUT2D eigenvalue weighted by Crippen LogP contribution is -2.29. The van der Waals surface area contributed by atoms with Crippen molar-refractivity contribution in [2.75, 3.05) is 4.90 Å². The number of rotatable bonds is 2. The van der Waals surface area contributed by atoms with E-state index in [2.05, 4.69) is 15.9 Å². The van der Waals surface area contributed by atoms with Gasteiger partial charge in [0, 0.05) is 5.33 Å². The van der Waals surface area contributed by atoms with Crippen molar-refractivity contribution in [1.82, 2.24) is 0 Å². The zero-order valence-electron chi connectivity index (χ0n) is 9.97. The second-order valence-electron chi connectivity index (χ2n) is 4.29. The maximum Gasteiger partial charge on any atom is 0.266 e. The molecule has 0 radical (unpaired) electrons. The van der Waals surface area contributed by atoms with Crippen LogP contribution in [0, 0.1) is 0 Å². The monoisotopic (exact) mass is 315 g/mol. The maximum absolute atomic E-state index is 12.3. The SMILES string of the molecule is O=C1c2ccccc2C(=O)N1c1cccc(CBr)c1. The van der Waals surface area contributed by atoms with Crippen LogP contribution in [0.5, 0.6) is 0 Å². The van der Waals surface area contributed by atoms with Gasteiger partial charge in [0.25, 0.3) is 11.8 Å². The van der Waals surface area contributed by atoms with E-state index in [1.54, 1.807) is 30.3 Å². The standard InChI is InChI=1S/C15H10BrNO2/c16-9-10-4-3-5-11(8-10)17-14(18)12-6-1-2-7-13(12)15(17)19/h1-8H,9H2. The van der Waals surface area contributed by atoms with Crippen molar-refractivity contribution in [3.05, 3.63) is 65.2 Å². The third kappa shape index (κ3) is 1.88. The summed E-state index contributed by atoms with van der Waals surface area (Å²) in [6, 6.07) is 14.3. The second-order valence-corrected chi connectivity index (χ2v) is 4.86. The van der Waals surface area contributed by atoms with Gasteiger partial charge in [0.15, 0.2) is 0 Å². The summed E-state index contributed by atoms with van der Waals surface area (Å²) in [5.41, 5.74) is 2.57. The first-order valence-corrected chi connectivity index (χ1v) is 6.97. The molecule has 4 heteroatoms. The molecule has 0 fully saturated rings. The number of halogens is 1. The summed E-state index contributed by atoms with van der Waals surface area (Å²) in [5.74, 6) is -0.514. The van der Waals surface area contributed by atoms with Crippen molar-refractivity contribution < 1.29 is 9.59 Å². The lowest BCUT2D eigenvalue weighted by molar-refractivity contribution is 0.0926. The highest BCUT2D eigenvalue weighted by atomic mass is 79.9. The minimum absolute atomic E-state index is 0.257. The number of anilines is 1. The molecule has 0 bridgehead atoms. The van der Waals surface area contributed by atoms with Crippen LogP contribution in [0.1, 0.15) is 26.3 Å². The zero-order chi connectivity index (χ0) is 13.4. The number of alkyl halides is 1. The van der Waals surface area contributed by atoms with Crippen molar-refractivity contribution in [1.29, 1.82) is 0 Å². The Balaban J connectivity index is 2.08. The lowest BCUT2D eigenvalue weighted by atomic mass is 10.1. The van der Waals surface area contributed by atoms with E-state index in [1.165, 1.54) is 4.90 Å². The van der Waals surface area contributed by atoms with Gasteiger partial charge in [-0.25, -0.2) is 4.90 Å². The van der Waals surface area contributed by atoms with E-state index < -0.39 is 0 Å². The smallest absolute Gasteiger partial charge is 0.266 e. The summed E-state index contributed by atoms with van der Waals surface area (Å²) in [4.78, 5) is 25.8. The number of nitrogens with zero attached hydrogens (tertiary/aromatic N) is 1. The number of carbonyl (C=O) groups is 2. The first-order valence-electron chi connectivity index (χ1n) is 5.85. The molecule has 0 atom stereocenters. The summed E-state index contributed by atoms with van der Waals surface area (Å²) < 4.78 is 0. The summed E-state index contributed by atoms with van der Waals surface area (Å²) in [6.07, 6.45) is 0. The minimum Gasteiger partial charge on any atom is -0.268 e. The van der Waals surface area contributed by atoms with Crippen molar-refractivity contribution in [2.45, 2.75) is 5.33 Å². The molecule has 0 unspecified atom stereocenters. The van der Waals surface area contributed by atoms with E-state index in [1.807, 2.05) is 18.2 Å². The zero-order valence-corrected chi connectivity index (χ0v) is 11.6. The van der Waals surface area contributed by atoms with Crippen molar-refractivity contribution in [3.8, 4) is 0 Å². The Morgan fingerprint density at radius 2 is 1.53 bits per heavy atom. The first kappa shape index (κ1) is 12.1. The number of benzene rings is 2. The van der Waals surface area contributed by atoms with Crippen LogP contribution >= 0.6 is 15.9 Å². The van der Waals surface area contributed by atoms with E-state index in [0.717, 1.165) is 5.56 Å². The Morgan fingerprint density at radius 1 is 0.895 bits per heavy atom. The van der Waals surface area contributed by atoms with Crippen LogP contribution in [-0.2, 0) is 5.33 Å². The van der Waals surface area contributed by atoms with E-state index in [0.29, 0.717) is 22.1 Å². The predicted molar refractivity (Wildman–Crippen MR) is 76.7 cm³/mol. The molecular formula is C15H10BrNO2. The highest BCUT2D eigenvalue weighted by molar-refractivity contribution is 9.08. The van der Waals surface area contributed by atoms with E-state index in [-0.39, 0.29) is 11.8 Å². The van der Waals surface area contributed by atoms with Crippen molar-refractivity contribution in [2.24, 2.45) is 0 Å². The van der Waals surface area contributed by atoms with E-state index in [9.17, 15) is 9.59 Å². The fourth-order valence-electron chi connectivity index (χ4n) is 2.20. The molecule has 2 aromatic carbocycles. The summed E-state index contributed by atoms with van der Waals surface area (Å²) in [7, 11) is 0. The molecule has 3 rings (SSSR count). The summed E-state index contributed by atoms with van der Waals surface area (Å²) in [6.45, 7) is 0. The molecule has 2 aromatic rings. The molecule has 0 aromatic heterocycles. The third-order valence-electron chi connectivity index (χ3n) is 3.12. The maximum atomic E-state index is 12.3. The van der Waals surface area contributed by atoms with Gasteiger partial charge in [-0.05, 0) is 29.8 Å². The van der Waals surface area contributed by atoms with Gasteiger partial charge in [-0.2, -0.15) is 0 Å². The predicted octanol–water partition coefficient (Wildman–Crippen LogP) is 3.38. The minimum atomic E-state index is -0.257. The Labute approximate surface area is 119 Å². The van der Waals surface area contributed by atoms with Crippen LogP contribution in [0.2, 0.25) is 0 Å². The van der Waals surface area contributed by atoms with Crippen molar-refractivity contribution >= 4 is 33.4 Å². The number of imide groups is 1. The normalized spacial score (nSPS) is 13.8. The van der Waals surface area contributed by atoms with Crippen LogP contribution in [0.15, 0.2) is 48.5 Å². The second kappa shape index (κ2) is 4.63. The quantitative estimate of drug-likeness (QED) is 0.629. The molecule has 1 heterocycles. The van der Waals surface area contributed by atoms with Gasteiger partial charge in [-0.1, -0.05) is 40.2 Å². The van der Waals surface area contributed by atoms with Gasteiger partial charge >= 0.3 is 0 Å². The molecule has 1 aliphatic rings. The molecule has 0 aliphatic carbocycles. The highest BCUT2D eigenvalue weighted by Gasteiger charge is 2.36. The molecule has 0 saturated heterocycles. The van der Waals surface area contributed by atoms with Gasteiger partial charge in [0.05, 0.1) is 16.8 Å². The lowest BCUT2D eigenvalue weighted by Gasteiger charge is -2.14. The highest BCUT2D eigenvalue weighted by Crippen LogP contribution is 2.28. The Morgan fingerprint density at radius 3 is 2.11 bits per heavy atom. The van der Waals surface area contributed by atoms with Gasteiger partial charge in [0.1, 0.15) is 0 Å².